The van der Waals surface area contributed by atoms with Crippen LogP contribution in [0.15, 0.2) is 42.5 Å². The van der Waals surface area contributed by atoms with Gasteiger partial charge in [0.1, 0.15) is 0 Å². The number of benzene rings is 2. The van der Waals surface area contributed by atoms with E-state index in [1.807, 2.05) is 31.1 Å². The average Bonchev–Trinajstić information content (AvgIpc) is 2.59. The van der Waals surface area contributed by atoms with E-state index in [4.69, 9.17) is 4.74 Å². The van der Waals surface area contributed by atoms with Gasteiger partial charge in [0.25, 0.3) is 11.6 Å². The molecule has 1 N–H and O–H groups in total. The van der Waals surface area contributed by atoms with E-state index in [1.54, 1.807) is 12.1 Å². The minimum absolute atomic E-state index is 0.0829. The van der Waals surface area contributed by atoms with Gasteiger partial charge in [-0.05, 0) is 43.3 Å². The molecule has 0 aliphatic heterocycles. The molecule has 8 nitrogen and oxygen atoms in total. The van der Waals surface area contributed by atoms with Gasteiger partial charge in [0.05, 0.1) is 10.5 Å². The van der Waals surface area contributed by atoms with Crippen molar-refractivity contribution in [2.45, 2.75) is 6.92 Å². The molecule has 2 rings (SSSR count). The van der Waals surface area contributed by atoms with Gasteiger partial charge in [0.15, 0.2) is 6.61 Å². The lowest BCUT2D eigenvalue weighted by Gasteiger charge is -2.13. The molecule has 0 aromatic heterocycles. The van der Waals surface area contributed by atoms with E-state index in [-0.39, 0.29) is 11.3 Å². The van der Waals surface area contributed by atoms with Crippen molar-refractivity contribution in [3.63, 3.8) is 0 Å². The molecule has 8 heteroatoms. The number of aryl methyl sites for hydroxylation is 1. The Labute approximate surface area is 150 Å². The summed E-state index contributed by atoms with van der Waals surface area (Å²) in [4.78, 5) is 36.1. The summed E-state index contributed by atoms with van der Waals surface area (Å²) < 4.78 is 4.95. The topological polar surface area (TPSA) is 102 Å². The highest BCUT2D eigenvalue weighted by molar-refractivity contribution is 5.95. The van der Waals surface area contributed by atoms with E-state index in [0.29, 0.717) is 11.3 Å². The molecule has 0 radical (unpaired) electrons. The Bertz CT molecular complexity index is 831. The number of anilines is 2. The Morgan fingerprint density at radius 3 is 2.35 bits per heavy atom. The normalized spacial score (nSPS) is 10.1. The van der Waals surface area contributed by atoms with Crippen LogP contribution in [-0.2, 0) is 9.53 Å². The number of amides is 1. The minimum atomic E-state index is -0.721. The van der Waals surface area contributed by atoms with Crippen molar-refractivity contribution in [3.05, 3.63) is 63.7 Å². The van der Waals surface area contributed by atoms with E-state index in [9.17, 15) is 19.7 Å². The number of ether oxygens (including phenoxy) is 1. The number of carbonyl (C=O) groups is 2. The fourth-order valence-electron chi connectivity index (χ4n) is 2.24. The van der Waals surface area contributed by atoms with Crippen molar-refractivity contribution in [2.75, 3.05) is 30.9 Å². The third kappa shape index (κ3) is 4.79. The first kappa shape index (κ1) is 18.9. The smallest absolute Gasteiger partial charge is 0.338 e. The Balaban J connectivity index is 1.91. The number of hydrogen-bond acceptors (Lipinski definition) is 6. The number of nitro groups is 1. The van der Waals surface area contributed by atoms with Gasteiger partial charge < -0.3 is 15.0 Å². The molecule has 0 fully saturated rings. The highest BCUT2D eigenvalue weighted by Gasteiger charge is 2.15. The second-order valence-corrected chi connectivity index (χ2v) is 5.82. The Hall–Kier alpha value is -3.42. The number of carbonyl (C=O) groups excluding carboxylic acids is 2. The molecule has 0 unspecified atom stereocenters. The van der Waals surface area contributed by atoms with Crippen molar-refractivity contribution in [2.24, 2.45) is 0 Å². The van der Waals surface area contributed by atoms with Crippen molar-refractivity contribution in [3.8, 4) is 0 Å². The molecule has 0 saturated heterocycles. The number of nitrogens with one attached hydrogen (secondary N) is 1. The predicted molar refractivity (Wildman–Crippen MR) is 97.5 cm³/mol. The van der Waals surface area contributed by atoms with Crippen LogP contribution in [-0.4, -0.2) is 37.5 Å². The number of nitrogens with zero attached hydrogens (tertiary/aromatic N) is 2. The zero-order valence-electron chi connectivity index (χ0n) is 14.7. The molecule has 136 valence electrons. The van der Waals surface area contributed by atoms with Crippen LogP contribution in [0.25, 0.3) is 0 Å². The molecule has 0 spiro atoms. The van der Waals surface area contributed by atoms with Gasteiger partial charge in [-0.3, -0.25) is 14.9 Å². The molecule has 2 aromatic carbocycles. The first-order valence-electron chi connectivity index (χ1n) is 7.77. The van der Waals surface area contributed by atoms with Crippen molar-refractivity contribution in [1.82, 2.24) is 0 Å². The lowest BCUT2D eigenvalue weighted by Crippen LogP contribution is -2.21. The van der Waals surface area contributed by atoms with Crippen LogP contribution in [0.3, 0.4) is 0 Å². The van der Waals surface area contributed by atoms with Gasteiger partial charge >= 0.3 is 5.97 Å². The second-order valence-electron chi connectivity index (χ2n) is 5.82. The largest absolute Gasteiger partial charge is 0.452 e. The molecular weight excluding hydrogens is 338 g/mol. The fraction of sp³-hybridized carbons (Fsp3) is 0.222. The fourth-order valence-corrected chi connectivity index (χ4v) is 2.24. The molecule has 2 aromatic rings. The Morgan fingerprint density at radius 2 is 1.81 bits per heavy atom. The summed E-state index contributed by atoms with van der Waals surface area (Å²) in [7, 11) is 3.82. The maximum Gasteiger partial charge on any atom is 0.338 e. The summed E-state index contributed by atoms with van der Waals surface area (Å²) in [5, 5.41) is 13.4. The molecule has 0 heterocycles. The van der Waals surface area contributed by atoms with E-state index >= 15 is 0 Å². The quantitative estimate of drug-likeness (QED) is 0.484. The monoisotopic (exact) mass is 357 g/mol. The summed E-state index contributed by atoms with van der Waals surface area (Å²) >= 11 is 0. The van der Waals surface area contributed by atoms with Crippen molar-refractivity contribution < 1.29 is 19.2 Å². The predicted octanol–water partition coefficient (Wildman–Crippen LogP) is 2.76. The van der Waals surface area contributed by atoms with Gasteiger partial charge in [-0.15, -0.1) is 0 Å². The average molecular weight is 357 g/mol. The van der Waals surface area contributed by atoms with Crippen LogP contribution in [0.4, 0.5) is 17.1 Å². The SMILES string of the molecule is Cc1cc(C(=O)OCC(=O)Nc2ccc(N(C)C)cc2)ccc1[N+](=O)[O-]. The summed E-state index contributed by atoms with van der Waals surface area (Å²) in [5.41, 5.74) is 1.98. The third-order valence-corrected chi connectivity index (χ3v) is 3.63. The van der Waals surface area contributed by atoms with Gasteiger partial charge in [-0.25, -0.2) is 4.79 Å². The highest BCUT2D eigenvalue weighted by Crippen LogP contribution is 2.19. The third-order valence-electron chi connectivity index (χ3n) is 3.63. The molecule has 1 amide bonds. The molecular formula is C18H19N3O5. The Kier molecular flexibility index (Phi) is 5.90. The number of esters is 1. The lowest BCUT2D eigenvalue weighted by atomic mass is 10.1. The van der Waals surface area contributed by atoms with Gasteiger partial charge in [0.2, 0.25) is 0 Å². The second kappa shape index (κ2) is 8.11. The van der Waals surface area contributed by atoms with Crippen molar-refractivity contribution in [1.29, 1.82) is 0 Å². The summed E-state index contributed by atoms with van der Waals surface area (Å²) in [6.45, 7) is 1.07. The van der Waals surface area contributed by atoms with Crippen LogP contribution in [0, 0.1) is 17.0 Å². The van der Waals surface area contributed by atoms with E-state index < -0.39 is 23.4 Å². The molecule has 0 saturated carbocycles. The molecule has 26 heavy (non-hydrogen) atoms. The summed E-state index contributed by atoms with van der Waals surface area (Å²) in [6.07, 6.45) is 0. The van der Waals surface area contributed by atoms with E-state index in [1.165, 1.54) is 25.1 Å². The lowest BCUT2D eigenvalue weighted by molar-refractivity contribution is -0.385. The molecule has 0 atom stereocenters. The molecule has 0 aliphatic rings. The summed E-state index contributed by atoms with van der Waals surface area (Å²) in [6, 6.07) is 11.1. The number of hydrogen-bond donors (Lipinski definition) is 1. The number of nitro benzene ring substituents is 1. The van der Waals surface area contributed by atoms with Gasteiger partial charge in [0, 0.05) is 37.1 Å². The molecule has 0 aliphatic carbocycles. The van der Waals surface area contributed by atoms with Crippen LogP contribution in [0.2, 0.25) is 0 Å². The van der Waals surface area contributed by atoms with E-state index in [2.05, 4.69) is 5.32 Å². The standard InChI is InChI=1S/C18H19N3O5/c1-12-10-13(4-9-16(12)21(24)25)18(23)26-11-17(22)19-14-5-7-15(8-6-14)20(2)3/h4-10H,11H2,1-3H3,(H,19,22). The zero-order chi connectivity index (χ0) is 19.3. The minimum Gasteiger partial charge on any atom is -0.452 e. The van der Waals surface area contributed by atoms with Crippen LogP contribution < -0.4 is 10.2 Å². The first-order chi connectivity index (χ1) is 12.3. The zero-order valence-corrected chi connectivity index (χ0v) is 14.7. The molecule has 0 bridgehead atoms. The first-order valence-corrected chi connectivity index (χ1v) is 7.77. The number of rotatable bonds is 6. The highest BCUT2D eigenvalue weighted by atomic mass is 16.6. The Morgan fingerprint density at radius 1 is 1.15 bits per heavy atom. The van der Waals surface area contributed by atoms with Crippen molar-refractivity contribution >= 4 is 28.9 Å². The van der Waals surface area contributed by atoms with Gasteiger partial charge in [-0.1, -0.05) is 0 Å². The van der Waals surface area contributed by atoms with E-state index in [0.717, 1.165) is 5.69 Å². The van der Waals surface area contributed by atoms with Crippen LogP contribution >= 0.6 is 0 Å². The maximum atomic E-state index is 12.0. The van der Waals surface area contributed by atoms with Gasteiger partial charge in [-0.2, -0.15) is 0 Å². The maximum absolute atomic E-state index is 12.0. The van der Waals surface area contributed by atoms with Crippen LogP contribution in [0.1, 0.15) is 15.9 Å². The summed E-state index contributed by atoms with van der Waals surface area (Å²) in [5.74, 6) is -1.20. The van der Waals surface area contributed by atoms with Crippen LogP contribution in [0.5, 0.6) is 0 Å².